The molecule has 2 aromatic rings. The van der Waals surface area contributed by atoms with Crippen molar-refractivity contribution in [3.63, 3.8) is 0 Å². The molecule has 0 aliphatic rings. The van der Waals surface area contributed by atoms with Gasteiger partial charge in [0.25, 0.3) is 0 Å². The van der Waals surface area contributed by atoms with Gasteiger partial charge in [-0.05, 0) is 31.4 Å². The van der Waals surface area contributed by atoms with Crippen LogP contribution >= 0.6 is 0 Å². The van der Waals surface area contributed by atoms with Crippen molar-refractivity contribution < 1.29 is 19.1 Å². The lowest BCUT2D eigenvalue weighted by Gasteiger charge is -2.13. The third-order valence-electron chi connectivity index (χ3n) is 3.23. The van der Waals surface area contributed by atoms with Gasteiger partial charge in [-0.25, -0.2) is 4.79 Å². The summed E-state index contributed by atoms with van der Waals surface area (Å²) < 4.78 is 5.07. The first-order chi connectivity index (χ1) is 10.5. The first-order valence-electron chi connectivity index (χ1n) is 6.97. The van der Waals surface area contributed by atoms with Crippen molar-refractivity contribution in [1.82, 2.24) is 0 Å². The first kappa shape index (κ1) is 15.7. The zero-order valence-electron chi connectivity index (χ0n) is 12.7. The minimum absolute atomic E-state index is 0.208. The lowest BCUT2D eigenvalue weighted by Crippen LogP contribution is -2.12. The second-order valence-corrected chi connectivity index (χ2v) is 4.85. The molecule has 2 aromatic carbocycles. The van der Waals surface area contributed by atoms with E-state index in [2.05, 4.69) is 5.32 Å². The third kappa shape index (κ3) is 2.98. The summed E-state index contributed by atoms with van der Waals surface area (Å²) in [4.78, 5) is 35.4. The summed E-state index contributed by atoms with van der Waals surface area (Å²) in [5, 5.41) is 3.99. The summed E-state index contributed by atoms with van der Waals surface area (Å²) in [5.41, 5.74) is 1.13. The minimum Gasteiger partial charge on any atom is -0.462 e. The summed E-state index contributed by atoms with van der Waals surface area (Å²) in [6.45, 7) is 4.74. The maximum absolute atomic E-state index is 12.3. The van der Waals surface area contributed by atoms with Crippen molar-refractivity contribution >= 4 is 34.1 Å². The number of rotatable bonds is 4. The molecule has 0 heterocycles. The molecule has 0 unspecified atom stereocenters. The highest BCUT2D eigenvalue weighted by molar-refractivity contribution is 6.16. The number of nitrogens with one attached hydrogen (secondary N) is 1. The van der Waals surface area contributed by atoms with Gasteiger partial charge in [-0.1, -0.05) is 18.2 Å². The Morgan fingerprint density at radius 1 is 1.05 bits per heavy atom. The van der Waals surface area contributed by atoms with E-state index in [1.807, 2.05) is 0 Å². The second kappa shape index (κ2) is 6.39. The van der Waals surface area contributed by atoms with Crippen LogP contribution in [0.3, 0.4) is 0 Å². The number of Topliss-reactive ketones (excluding diaryl/α,β-unsaturated/α-hetero) is 1. The Labute approximate surface area is 128 Å². The Bertz CT molecular complexity index is 765. The van der Waals surface area contributed by atoms with Gasteiger partial charge >= 0.3 is 5.97 Å². The van der Waals surface area contributed by atoms with Crippen molar-refractivity contribution in [3.8, 4) is 0 Å². The van der Waals surface area contributed by atoms with Gasteiger partial charge in [0.15, 0.2) is 5.78 Å². The number of hydrogen-bond donors (Lipinski definition) is 1. The molecule has 0 saturated carbocycles. The molecule has 2 rings (SSSR count). The van der Waals surface area contributed by atoms with Crippen LogP contribution in [0.4, 0.5) is 5.69 Å². The topological polar surface area (TPSA) is 72.5 Å². The van der Waals surface area contributed by atoms with Crippen LogP contribution in [-0.2, 0) is 9.53 Å². The van der Waals surface area contributed by atoms with Gasteiger partial charge in [-0.2, -0.15) is 0 Å². The molecule has 5 nitrogen and oxygen atoms in total. The standard InChI is InChI=1S/C17H17NO4/c1-4-22-17(21)16-12(10(2)19)8-9-13-14(16)6-5-7-15(13)18-11(3)20/h5-9H,4H2,1-3H3,(H,18,20). The number of carbonyl (C=O) groups excluding carboxylic acids is 3. The Morgan fingerprint density at radius 2 is 1.77 bits per heavy atom. The molecule has 0 bridgehead atoms. The third-order valence-corrected chi connectivity index (χ3v) is 3.23. The van der Waals surface area contributed by atoms with Crippen LogP contribution in [0.25, 0.3) is 10.8 Å². The molecule has 0 radical (unpaired) electrons. The van der Waals surface area contributed by atoms with Gasteiger partial charge in [-0.3, -0.25) is 9.59 Å². The number of hydrogen-bond acceptors (Lipinski definition) is 4. The number of carbonyl (C=O) groups is 3. The van der Waals surface area contributed by atoms with Gasteiger partial charge in [0.05, 0.1) is 12.2 Å². The Balaban J connectivity index is 2.76. The van der Waals surface area contributed by atoms with Crippen molar-refractivity contribution in [3.05, 3.63) is 41.5 Å². The number of ketones is 1. The molecule has 1 amide bonds. The van der Waals surface area contributed by atoms with Gasteiger partial charge in [-0.15, -0.1) is 0 Å². The Hall–Kier alpha value is -2.69. The maximum atomic E-state index is 12.3. The van der Waals surface area contributed by atoms with Crippen LogP contribution in [0.1, 0.15) is 41.5 Å². The van der Waals surface area contributed by atoms with Crippen LogP contribution in [0.2, 0.25) is 0 Å². The normalized spacial score (nSPS) is 10.3. The van der Waals surface area contributed by atoms with Gasteiger partial charge in [0.2, 0.25) is 5.91 Å². The Morgan fingerprint density at radius 3 is 2.36 bits per heavy atom. The van der Waals surface area contributed by atoms with Crippen molar-refractivity contribution in [2.75, 3.05) is 11.9 Å². The summed E-state index contributed by atoms with van der Waals surface area (Å²) in [6.07, 6.45) is 0. The lowest BCUT2D eigenvalue weighted by molar-refractivity contribution is -0.114. The fourth-order valence-electron chi connectivity index (χ4n) is 2.37. The molecule has 0 aliphatic heterocycles. The number of benzene rings is 2. The molecule has 5 heteroatoms. The average molecular weight is 299 g/mol. The summed E-state index contributed by atoms with van der Waals surface area (Å²) in [7, 11) is 0. The van der Waals surface area contributed by atoms with E-state index in [0.29, 0.717) is 22.0 Å². The highest BCUT2D eigenvalue weighted by Crippen LogP contribution is 2.29. The van der Waals surface area contributed by atoms with Crippen molar-refractivity contribution in [2.24, 2.45) is 0 Å². The SMILES string of the molecule is CCOC(=O)c1c(C(C)=O)ccc2c(NC(C)=O)cccc12. The number of anilines is 1. The van der Waals surface area contributed by atoms with Crippen molar-refractivity contribution in [1.29, 1.82) is 0 Å². The second-order valence-electron chi connectivity index (χ2n) is 4.85. The predicted molar refractivity (Wildman–Crippen MR) is 84.2 cm³/mol. The average Bonchev–Trinajstić information content (AvgIpc) is 2.45. The molecule has 0 fully saturated rings. The van der Waals surface area contributed by atoms with E-state index in [1.165, 1.54) is 13.8 Å². The molecule has 114 valence electrons. The number of esters is 1. The van der Waals surface area contributed by atoms with Crippen LogP contribution in [0.5, 0.6) is 0 Å². The molecule has 22 heavy (non-hydrogen) atoms. The molecule has 0 spiro atoms. The highest BCUT2D eigenvalue weighted by Gasteiger charge is 2.20. The van der Waals surface area contributed by atoms with E-state index in [9.17, 15) is 14.4 Å². The van der Waals surface area contributed by atoms with E-state index in [4.69, 9.17) is 4.74 Å². The number of fused-ring (bicyclic) bond motifs is 1. The van der Waals surface area contributed by atoms with Crippen LogP contribution in [0, 0.1) is 0 Å². The molecular weight excluding hydrogens is 282 g/mol. The van der Waals surface area contributed by atoms with Gasteiger partial charge in [0.1, 0.15) is 0 Å². The van der Waals surface area contributed by atoms with E-state index in [0.717, 1.165) is 0 Å². The van der Waals surface area contributed by atoms with Crippen LogP contribution in [0.15, 0.2) is 30.3 Å². The first-order valence-corrected chi connectivity index (χ1v) is 6.97. The largest absolute Gasteiger partial charge is 0.462 e. The summed E-state index contributed by atoms with van der Waals surface area (Å²) in [6, 6.07) is 8.51. The van der Waals surface area contributed by atoms with Crippen LogP contribution < -0.4 is 5.32 Å². The molecule has 0 aromatic heterocycles. The zero-order valence-corrected chi connectivity index (χ0v) is 12.7. The predicted octanol–water partition coefficient (Wildman–Crippen LogP) is 3.18. The van der Waals surface area contributed by atoms with Crippen LogP contribution in [-0.4, -0.2) is 24.3 Å². The monoisotopic (exact) mass is 299 g/mol. The molecule has 1 N–H and O–H groups in total. The molecule has 0 atom stereocenters. The minimum atomic E-state index is -0.543. The summed E-state index contributed by atoms with van der Waals surface area (Å²) in [5.74, 6) is -0.964. The molecular formula is C17H17NO4. The quantitative estimate of drug-likeness (QED) is 0.695. The fraction of sp³-hybridized carbons (Fsp3) is 0.235. The smallest absolute Gasteiger partial charge is 0.339 e. The lowest BCUT2D eigenvalue weighted by atomic mass is 9.96. The van der Waals surface area contributed by atoms with Gasteiger partial charge < -0.3 is 10.1 Å². The van der Waals surface area contributed by atoms with Crippen molar-refractivity contribution in [2.45, 2.75) is 20.8 Å². The van der Waals surface area contributed by atoms with Gasteiger partial charge in [0, 0.05) is 23.6 Å². The zero-order chi connectivity index (χ0) is 16.3. The number of amides is 1. The van der Waals surface area contributed by atoms with E-state index < -0.39 is 5.97 Å². The Kier molecular flexibility index (Phi) is 4.56. The molecule has 0 aliphatic carbocycles. The highest BCUT2D eigenvalue weighted by atomic mass is 16.5. The van der Waals surface area contributed by atoms with E-state index in [-0.39, 0.29) is 23.9 Å². The number of ether oxygens (including phenoxy) is 1. The van der Waals surface area contributed by atoms with E-state index in [1.54, 1.807) is 37.3 Å². The van der Waals surface area contributed by atoms with E-state index >= 15 is 0 Å². The summed E-state index contributed by atoms with van der Waals surface area (Å²) >= 11 is 0. The molecule has 0 saturated heterocycles. The maximum Gasteiger partial charge on any atom is 0.339 e. The fourth-order valence-corrected chi connectivity index (χ4v) is 2.37.